The lowest BCUT2D eigenvalue weighted by atomic mass is 9.89. The van der Waals surface area contributed by atoms with E-state index in [-0.39, 0.29) is 11.3 Å². The van der Waals surface area contributed by atoms with E-state index in [0.29, 0.717) is 17.0 Å². The highest BCUT2D eigenvalue weighted by Gasteiger charge is 2.65. The second kappa shape index (κ2) is 8.23. The minimum absolute atomic E-state index is 0.0109. The zero-order valence-electron chi connectivity index (χ0n) is 18.3. The highest BCUT2D eigenvalue weighted by Crippen LogP contribution is 2.56. The van der Waals surface area contributed by atoms with Crippen LogP contribution in [0.2, 0.25) is 0 Å². The van der Waals surface area contributed by atoms with Crippen LogP contribution in [0.4, 0.5) is 10.5 Å². The third-order valence-corrected chi connectivity index (χ3v) is 8.05. The largest absolute Gasteiger partial charge is 0.497 e. The molecule has 2 heterocycles. The van der Waals surface area contributed by atoms with Crippen LogP contribution in [-0.4, -0.2) is 70.1 Å². The Kier molecular flexibility index (Phi) is 5.71. The van der Waals surface area contributed by atoms with Crippen LogP contribution in [0.3, 0.4) is 0 Å². The molecule has 0 aliphatic carbocycles. The SMILES string of the molecule is COC(=O)N1[C@@H]2[C@H](C[C@@]1(CO)C(=O)OC)c1cc(OC)ccc1N2S(=O)(=O)c1ccccc1. The summed E-state index contributed by atoms with van der Waals surface area (Å²) in [5.74, 6) is -1.04. The van der Waals surface area contributed by atoms with Gasteiger partial charge in [0, 0.05) is 5.92 Å². The number of anilines is 1. The average molecular weight is 477 g/mol. The van der Waals surface area contributed by atoms with Gasteiger partial charge in [0.25, 0.3) is 10.0 Å². The molecule has 0 unspecified atom stereocenters. The molecule has 2 aliphatic rings. The molecule has 0 aromatic heterocycles. The number of carbonyl (C=O) groups is 2. The Balaban J connectivity index is 1.99. The first-order valence-electron chi connectivity index (χ1n) is 10.1. The molecule has 176 valence electrons. The number of carbonyl (C=O) groups excluding carboxylic acids is 2. The Morgan fingerprint density at radius 1 is 1.09 bits per heavy atom. The number of amides is 1. The van der Waals surface area contributed by atoms with Gasteiger partial charge in [0.2, 0.25) is 0 Å². The summed E-state index contributed by atoms with van der Waals surface area (Å²) in [5, 5.41) is 10.3. The number of aliphatic hydroxyl groups is 1. The van der Waals surface area contributed by atoms with Gasteiger partial charge in [-0.15, -0.1) is 0 Å². The molecule has 3 atom stereocenters. The molecule has 1 saturated heterocycles. The fraction of sp³-hybridized carbons (Fsp3) is 0.364. The van der Waals surface area contributed by atoms with Gasteiger partial charge in [0.05, 0.1) is 38.5 Å². The molecule has 0 saturated carbocycles. The first-order valence-corrected chi connectivity index (χ1v) is 11.5. The average Bonchev–Trinajstić information content (AvgIpc) is 3.35. The van der Waals surface area contributed by atoms with Crippen LogP contribution in [0.15, 0.2) is 53.4 Å². The number of hydrogen-bond acceptors (Lipinski definition) is 8. The molecule has 1 N–H and O–H groups in total. The van der Waals surface area contributed by atoms with E-state index in [1.54, 1.807) is 36.4 Å². The van der Waals surface area contributed by atoms with E-state index in [1.807, 2.05) is 0 Å². The second-order valence-corrected chi connectivity index (χ2v) is 9.60. The Morgan fingerprint density at radius 2 is 1.79 bits per heavy atom. The van der Waals surface area contributed by atoms with Crippen LogP contribution in [0, 0.1) is 0 Å². The molecule has 2 aromatic rings. The van der Waals surface area contributed by atoms with Crippen molar-refractivity contribution >= 4 is 27.8 Å². The second-order valence-electron chi connectivity index (χ2n) is 7.78. The number of likely N-dealkylation sites (tertiary alicyclic amines) is 1. The standard InChI is InChI=1S/C22H24N2O8S/c1-30-14-9-10-18-16(11-14)17-12-22(13-25,20(26)31-2)23(21(27)32-3)19(17)24(18)33(28,29)15-7-5-4-6-8-15/h4-11,17,19,25H,12-13H2,1-3H3/t17-,19+,22-/m1/s1. The van der Waals surface area contributed by atoms with E-state index in [1.165, 1.54) is 19.2 Å². The molecular weight excluding hydrogens is 452 g/mol. The maximum atomic E-state index is 13.8. The van der Waals surface area contributed by atoms with Gasteiger partial charge in [0.1, 0.15) is 11.9 Å². The molecule has 10 nitrogen and oxygen atoms in total. The molecule has 0 bridgehead atoms. The van der Waals surface area contributed by atoms with E-state index >= 15 is 0 Å². The number of benzene rings is 2. The third-order valence-electron chi connectivity index (χ3n) is 6.25. The fourth-order valence-electron chi connectivity index (χ4n) is 4.78. The van der Waals surface area contributed by atoms with Crippen molar-refractivity contribution in [3.63, 3.8) is 0 Å². The van der Waals surface area contributed by atoms with Crippen LogP contribution in [0.25, 0.3) is 0 Å². The third kappa shape index (κ3) is 3.22. The van der Waals surface area contributed by atoms with Gasteiger partial charge in [-0.25, -0.2) is 22.3 Å². The Bertz CT molecular complexity index is 1190. The minimum atomic E-state index is -4.18. The van der Waals surface area contributed by atoms with Crippen molar-refractivity contribution in [1.82, 2.24) is 4.90 Å². The van der Waals surface area contributed by atoms with Crippen molar-refractivity contribution in [1.29, 1.82) is 0 Å². The number of fused-ring (bicyclic) bond motifs is 3. The molecule has 11 heteroatoms. The number of nitrogens with zero attached hydrogens (tertiary/aromatic N) is 2. The minimum Gasteiger partial charge on any atom is -0.497 e. The van der Waals surface area contributed by atoms with Crippen LogP contribution in [0.1, 0.15) is 17.9 Å². The zero-order chi connectivity index (χ0) is 24.0. The highest BCUT2D eigenvalue weighted by molar-refractivity contribution is 7.92. The van der Waals surface area contributed by atoms with Crippen LogP contribution in [-0.2, 0) is 24.3 Å². The highest BCUT2D eigenvalue weighted by atomic mass is 32.2. The molecule has 1 fully saturated rings. The molecule has 33 heavy (non-hydrogen) atoms. The lowest BCUT2D eigenvalue weighted by Gasteiger charge is -2.39. The Morgan fingerprint density at radius 3 is 2.36 bits per heavy atom. The smallest absolute Gasteiger partial charge is 0.412 e. The normalized spacial score (nSPS) is 23.6. The maximum Gasteiger partial charge on any atom is 0.412 e. The van der Waals surface area contributed by atoms with E-state index in [0.717, 1.165) is 23.4 Å². The number of sulfonamides is 1. The van der Waals surface area contributed by atoms with Crippen molar-refractivity contribution in [3.8, 4) is 5.75 Å². The van der Waals surface area contributed by atoms with E-state index < -0.39 is 46.3 Å². The van der Waals surface area contributed by atoms with Gasteiger partial charge in [-0.05, 0) is 42.3 Å². The molecule has 2 aliphatic heterocycles. The number of methoxy groups -OCH3 is 3. The predicted octanol–water partition coefficient (Wildman–Crippen LogP) is 1.69. The maximum absolute atomic E-state index is 13.8. The number of ether oxygens (including phenoxy) is 3. The number of aliphatic hydroxyl groups excluding tert-OH is 1. The molecule has 0 spiro atoms. The van der Waals surface area contributed by atoms with Crippen molar-refractivity contribution in [2.75, 3.05) is 32.2 Å². The first kappa shape index (κ1) is 22.9. The molecular formula is C22H24N2O8S. The Hall–Kier alpha value is -3.31. The van der Waals surface area contributed by atoms with E-state index in [2.05, 4.69) is 0 Å². The first-order chi connectivity index (χ1) is 15.8. The lowest BCUT2D eigenvalue weighted by Crippen LogP contribution is -2.62. The summed E-state index contributed by atoms with van der Waals surface area (Å²) in [4.78, 5) is 26.8. The molecule has 4 rings (SSSR count). The van der Waals surface area contributed by atoms with Crippen molar-refractivity contribution < 1.29 is 37.3 Å². The molecule has 1 amide bonds. The van der Waals surface area contributed by atoms with Gasteiger partial charge in [-0.2, -0.15) is 0 Å². The van der Waals surface area contributed by atoms with Gasteiger partial charge >= 0.3 is 12.1 Å². The van der Waals surface area contributed by atoms with Gasteiger partial charge in [-0.3, -0.25) is 4.90 Å². The molecule has 0 radical (unpaired) electrons. The zero-order valence-corrected chi connectivity index (χ0v) is 19.1. The summed E-state index contributed by atoms with van der Waals surface area (Å²) in [5.41, 5.74) is -0.922. The lowest BCUT2D eigenvalue weighted by molar-refractivity contribution is -0.155. The predicted molar refractivity (Wildman–Crippen MR) is 116 cm³/mol. The van der Waals surface area contributed by atoms with Crippen LogP contribution >= 0.6 is 0 Å². The van der Waals surface area contributed by atoms with Crippen LogP contribution < -0.4 is 9.04 Å². The topological polar surface area (TPSA) is 123 Å². The van der Waals surface area contributed by atoms with Gasteiger partial charge in [-0.1, -0.05) is 18.2 Å². The Labute approximate surface area is 191 Å². The van der Waals surface area contributed by atoms with Crippen molar-refractivity contribution in [2.24, 2.45) is 0 Å². The van der Waals surface area contributed by atoms with Crippen molar-refractivity contribution in [2.45, 2.75) is 28.9 Å². The van der Waals surface area contributed by atoms with Gasteiger partial charge < -0.3 is 19.3 Å². The number of rotatable bonds is 5. The number of hydrogen-bond donors (Lipinski definition) is 1. The monoisotopic (exact) mass is 476 g/mol. The summed E-state index contributed by atoms with van der Waals surface area (Å²) in [6.07, 6.45) is -2.21. The number of esters is 1. The summed E-state index contributed by atoms with van der Waals surface area (Å²) in [7, 11) is -0.442. The van der Waals surface area contributed by atoms with Crippen LogP contribution in [0.5, 0.6) is 5.75 Å². The quantitative estimate of drug-likeness (QED) is 0.647. The van der Waals surface area contributed by atoms with E-state index in [4.69, 9.17) is 14.2 Å². The summed E-state index contributed by atoms with van der Waals surface area (Å²) >= 11 is 0. The summed E-state index contributed by atoms with van der Waals surface area (Å²) in [6, 6.07) is 12.7. The van der Waals surface area contributed by atoms with E-state index in [9.17, 15) is 23.1 Å². The van der Waals surface area contributed by atoms with Crippen molar-refractivity contribution in [3.05, 3.63) is 54.1 Å². The summed E-state index contributed by atoms with van der Waals surface area (Å²) in [6.45, 7) is -0.777. The molecule has 2 aromatic carbocycles. The fourth-order valence-corrected chi connectivity index (χ4v) is 6.45. The summed E-state index contributed by atoms with van der Waals surface area (Å²) < 4.78 is 43.9. The van der Waals surface area contributed by atoms with Gasteiger partial charge in [0.15, 0.2) is 5.54 Å².